The van der Waals surface area contributed by atoms with Gasteiger partial charge in [-0.25, -0.2) is 0 Å². The van der Waals surface area contributed by atoms with E-state index in [0.29, 0.717) is 0 Å². The van der Waals surface area contributed by atoms with Crippen LogP contribution in [0.15, 0.2) is 30.0 Å². The first-order valence-electron chi connectivity index (χ1n) is 5.57. The monoisotopic (exact) mass is 246 g/mol. The summed E-state index contributed by atoms with van der Waals surface area (Å²) in [5, 5.41) is 5.15. The Hall–Kier alpha value is -2.30. The zero-order valence-corrected chi connectivity index (χ0v) is 10.2. The summed E-state index contributed by atoms with van der Waals surface area (Å²) < 4.78 is 5.04. The maximum Gasteiger partial charge on any atom is 0.268 e. The third-order valence-electron chi connectivity index (χ3n) is 2.67. The molecule has 2 rings (SSSR count). The summed E-state index contributed by atoms with van der Waals surface area (Å²) in [6.07, 6.45) is 1.62. The third kappa shape index (κ3) is 2.51. The molecule has 0 saturated carbocycles. The van der Waals surface area contributed by atoms with E-state index < -0.39 is 6.04 Å². The summed E-state index contributed by atoms with van der Waals surface area (Å²) in [4.78, 5) is 23.1. The minimum Gasteiger partial charge on any atom is -0.497 e. The van der Waals surface area contributed by atoms with Gasteiger partial charge in [0.15, 0.2) is 0 Å². The van der Waals surface area contributed by atoms with Gasteiger partial charge in [0, 0.05) is 0 Å². The predicted molar refractivity (Wildman–Crippen MR) is 66.7 cm³/mol. The number of piperazine rings is 1. The van der Waals surface area contributed by atoms with Crippen LogP contribution in [0.5, 0.6) is 5.75 Å². The Kier molecular flexibility index (Phi) is 3.32. The lowest BCUT2D eigenvalue weighted by atomic mass is 10.1. The summed E-state index contributed by atoms with van der Waals surface area (Å²) >= 11 is 0. The molecule has 1 heterocycles. The number of amides is 2. The molecule has 0 aromatic heterocycles. The average molecular weight is 246 g/mol. The summed E-state index contributed by atoms with van der Waals surface area (Å²) in [6, 6.07) is 6.70. The fourth-order valence-electron chi connectivity index (χ4n) is 1.61. The molecule has 1 saturated heterocycles. The lowest BCUT2D eigenvalue weighted by molar-refractivity contribution is -0.130. The predicted octanol–water partition coefficient (Wildman–Crippen LogP) is 0.671. The average Bonchev–Trinajstić information content (AvgIpc) is 2.37. The van der Waals surface area contributed by atoms with E-state index in [4.69, 9.17) is 4.74 Å². The molecular formula is C13H14N2O3. The highest BCUT2D eigenvalue weighted by molar-refractivity contribution is 6.07. The molecule has 0 radical (unpaired) electrons. The largest absolute Gasteiger partial charge is 0.497 e. The van der Waals surface area contributed by atoms with Gasteiger partial charge in [-0.15, -0.1) is 0 Å². The van der Waals surface area contributed by atoms with Gasteiger partial charge in [0.1, 0.15) is 17.5 Å². The number of rotatable bonds is 2. The molecule has 1 aromatic rings. The van der Waals surface area contributed by atoms with Gasteiger partial charge < -0.3 is 15.4 Å². The Morgan fingerprint density at radius 1 is 1.22 bits per heavy atom. The number of methoxy groups -OCH3 is 1. The van der Waals surface area contributed by atoms with Crippen LogP contribution >= 0.6 is 0 Å². The van der Waals surface area contributed by atoms with Crippen LogP contribution in [0, 0.1) is 0 Å². The van der Waals surface area contributed by atoms with Crippen LogP contribution in [0.2, 0.25) is 0 Å². The highest BCUT2D eigenvalue weighted by Crippen LogP contribution is 2.14. The van der Waals surface area contributed by atoms with Gasteiger partial charge in [-0.05, 0) is 30.7 Å². The van der Waals surface area contributed by atoms with E-state index in [1.54, 1.807) is 32.2 Å². The number of carbonyl (C=O) groups excluding carboxylic acids is 2. The minimum absolute atomic E-state index is 0.214. The molecule has 1 aliphatic rings. The molecule has 18 heavy (non-hydrogen) atoms. The van der Waals surface area contributed by atoms with Crippen LogP contribution in [-0.2, 0) is 9.59 Å². The fourth-order valence-corrected chi connectivity index (χ4v) is 1.61. The van der Waals surface area contributed by atoms with E-state index in [0.717, 1.165) is 11.3 Å². The van der Waals surface area contributed by atoms with Gasteiger partial charge in [-0.2, -0.15) is 0 Å². The Labute approximate surface area is 105 Å². The van der Waals surface area contributed by atoms with E-state index in [1.165, 1.54) is 0 Å². The summed E-state index contributed by atoms with van der Waals surface area (Å²) in [5.74, 6) is 0.246. The topological polar surface area (TPSA) is 67.4 Å². The first-order valence-corrected chi connectivity index (χ1v) is 5.57. The fraction of sp³-hybridized carbons (Fsp3) is 0.231. The zero-order chi connectivity index (χ0) is 13.1. The van der Waals surface area contributed by atoms with E-state index in [9.17, 15) is 9.59 Å². The second-order valence-corrected chi connectivity index (χ2v) is 4.02. The summed E-state index contributed by atoms with van der Waals surface area (Å²) in [5.41, 5.74) is 1.07. The molecule has 5 nitrogen and oxygen atoms in total. The number of benzene rings is 1. The van der Waals surface area contributed by atoms with E-state index >= 15 is 0 Å². The molecule has 1 aromatic carbocycles. The van der Waals surface area contributed by atoms with Crippen LogP contribution < -0.4 is 15.4 Å². The van der Waals surface area contributed by atoms with Gasteiger partial charge in [0.2, 0.25) is 5.91 Å². The zero-order valence-electron chi connectivity index (χ0n) is 10.2. The molecule has 1 unspecified atom stereocenters. The van der Waals surface area contributed by atoms with Crippen molar-refractivity contribution in [2.75, 3.05) is 7.11 Å². The number of hydrogen-bond donors (Lipinski definition) is 2. The van der Waals surface area contributed by atoms with Crippen LogP contribution in [0.3, 0.4) is 0 Å². The minimum atomic E-state index is -0.495. The van der Waals surface area contributed by atoms with E-state index in [-0.39, 0.29) is 17.5 Å². The van der Waals surface area contributed by atoms with Gasteiger partial charge in [0.25, 0.3) is 5.91 Å². The number of carbonyl (C=O) groups is 2. The highest BCUT2D eigenvalue weighted by atomic mass is 16.5. The molecule has 1 aliphatic heterocycles. The van der Waals surface area contributed by atoms with Crippen molar-refractivity contribution in [1.82, 2.24) is 10.6 Å². The first-order chi connectivity index (χ1) is 8.60. The molecule has 0 spiro atoms. The quantitative estimate of drug-likeness (QED) is 0.754. The molecule has 0 aliphatic carbocycles. The number of hydrogen-bond acceptors (Lipinski definition) is 3. The Balaban J connectivity index is 2.21. The molecule has 2 N–H and O–H groups in total. The summed E-state index contributed by atoms with van der Waals surface area (Å²) in [6.45, 7) is 1.64. The first kappa shape index (κ1) is 12.2. The molecular weight excluding hydrogens is 232 g/mol. The van der Waals surface area contributed by atoms with Gasteiger partial charge in [-0.1, -0.05) is 12.1 Å². The molecule has 1 fully saturated rings. The lowest BCUT2D eigenvalue weighted by Crippen LogP contribution is -2.53. The van der Waals surface area contributed by atoms with Crippen molar-refractivity contribution in [2.45, 2.75) is 13.0 Å². The molecule has 5 heteroatoms. The maximum atomic E-state index is 11.7. The van der Waals surface area contributed by atoms with Crippen molar-refractivity contribution in [2.24, 2.45) is 0 Å². The lowest BCUT2D eigenvalue weighted by Gasteiger charge is -2.21. The van der Waals surface area contributed by atoms with Gasteiger partial charge in [0.05, 0.1) is 7.11 Å². The Morgan fingerprint density at radius 3 is 2.50 bits per heavy atom. The molecule has 0 bridgehead atoms. The second-order valence-electron chi connectivity index (χ2n) is 4.02. The highest BCUT2D eigenvalue weighted by Gasteiger charge is 2.25. The SMILES string of the molecule is COc1ccc(C=C2NC(=O)C(C)NC2=O)cc1. The van der Waals surface area contributed by atoms with Crippen LogP contribution in [0.4, 0.5) is 0 Å². The standard InChI is InChI=1S/C13H14N2O3/c1-8-12(16)15-11(13(17)14-8)7-9-3-5-10(18-2)6-4-9/h3-8H,1-2H3,(H,14,17)(H,15,16). The van der Waals surface area contributed by atoms with Crippen molar-refractivity contribution in [3.63, 3.8) is 0 Å². The Bertz CT molecular complexity index is 505. The van der Waals surface area contributed by atoms with E-state index in [1.807, 2.05) is 12.1 Å². The van der Waals surface area contributed by atoms with Crippen molar-refractivity contribution in [3.8, 4) is 5.75 Å². The van der Waals surface area contributed by atoms with Crippen molar-refractivity contribution >= 4 is 17.9 Å². The van der Waals surface area contributed by atoms with Crippen LogP contribution in [-0.4, -0.2) is 25.0 Å². The second kappa shape index (κ2) is 4.91. The van der Waals surface area contributed by atoms with Crippen molar-refractivity contribution in [1.29, 1.82) is 0 Å². The number of nitrogens with one attached hydrogen (secondary N) is 2. The molecule has 2 amide bonds. The van der Waals surface area contributed by atoms with Crippen LogP contribution in [0.25, 0.3) is 6.08 Å². The van der Waals surface area contributed by atoms with Gasteiger partial charge in [-0.3, -0.25) is 9.59 Å². The normalized spacial score (nSPS) is 21.4. The third-order valence-corrected chi connectivity index (χ3v) is 2.67. The van der Waals surface area contributed by atoms with E-state index in [2.05, 4.69) is 10.6 Å². The number of ether oxygens (including phenoxy) is 1. The van der Waals surface area contributed by atoms with Crippen molar-refractivity contribution < 1.29 is 14.3 Å². The van der Waals surface area contributed by atoms with Crippen LogP contribution in [0.1, 0.15) is 12.5 Å². The molecule has 1 atom stereocenters. The van der Waals surface area contributed by atoms with Gasteiger partial charge >= 0.3 is 0 Å². The summed E-state index contributed by atoms with van der Waals surface area (Å²) in [7, 11) is 1.59. The maximum absolute atomic E-state index is 11.7. The molecule has 94 valence electrons. The smallest absolute Gasteiger partial charge is 0.268 e. The van der Waals surface area contributed by atoms with Crippen molar-refractivity contribution in [3.05, 3.63) is 35.5 Å². The Morgan fingerprint density at radius 2 is 1.89 bits per heavy atom.